The molecule has 2 bridgehead atoms. The summed E-state index contributed by atoms with van der Waals surface area (Å²) in [5.74, 6) is 0.129. The van der Waals surface area contributed by atoms with Crippen molar-refractivity contribution in [3.63, 3.8) is 0 Å². The number of hydrogen-bond acceptors (Lipinski definition) is 5. The molecule has 1 saturated heterocycles. The summed E-state index contributed by atoms with van der Waals surface area (Å²) in [7, 11) is -7.49. The summed E-state index contributed by atoms with van der Waals surface area (Å²) in [6.07, 6.45) is 1.97. The highest BCUT2D eigenvalue weighted by molar-refractivity contribution is 7.89. The molecule has 10 heteroatoms. The van der Waals surface area contributed by atoms with E-state index in [-0.39, 0.29) is 59.0 Å². The first-order chi connectivity index (χ1) is 13.9. The summed E-state index contributed by atoms with van der Waals surface area (Å²) < 4.78 is 54.9. The van der Waals surface area contributed by atoms with E-state index in [1.54, 1.807) is 12.1 Å². The second kappa shape index (κ2) is 7.27. The van der Waals surface area contributed by atoms with E-state index in [1.165, 1.54) is 20.7 Å². The highest BCUT2D eigenvalue weighted by Gasteiger charge is 2.65. The van der Waals surface area contributed by atoms with Gasteiger partial charge in [-0.1, -0.05) is 37.6 Å². The van der Waals surface area contributed by atoms with Crippen molar-refractivity contribution in [3.8, 4) is 0 Å². The highest BCUT2D eigenvalue weighted by Crippen LogP contribution is 2.64. The van der Waals surface area contributed by atoms with Crippen LogP contribution < -0.4 is 0 Å². The highest BCUT2D eigenvalue weighted by atomic mass is 35.5. The number of sulfonamides is 2. The molecule has 2 aliphatic carbocycles. The van der Waals surface area contributed by atoms with E-state index in [2.05, 4.69) is 0 Å². The van der Waals surface area contributed by atoms with Gasteiger partial charge in [-0.15, -0.1) is 0 Å². The smallest absolute Gasteiger partial charge is 0.244 e. The van der Waals surface area contributed by atoms with Crippen molar-refractivity contribution in [2.24, 2.45) is 16.7 Å². The molecule has 1 aromatic rings. The number of hydrogen-bond donors (Lipinski definition) is 0. The van der Waals surface area contributed by atoms with Gasteiger partial charge in [0.1, 0.15) is 10.7 Å². The molecule has 0 aromatic heterocycles. The predicted octanol–water partition coefficient (Wildman–Crippen LogP) is 2.37. The minimum absolute atomic E-state index is 0.0252. The summed E-state index contributed by atoms with van der Waals surface area (Å²) in [6.45, 7) is 4.28. The third-order valence-electron chi connectivity index (χ3n) is 7.61. The van der Waals surface area contributed by atoms with Gasteiger partial charge in [0.05, 0.1) is 10.8 Å². The Balaban J connectivity index is 1.49. The average Bonchev–Trinajstić information content (AvgIpc) is 3.02. The van der Waals surface area contributed by atoms with Crippen LogP contribution in [0.15, 0.2) is 29.2 Å². The zero-order valence-electron chi connectivity index (χ0n) is 17.2. The number of ketones is 1. The Labute approximate surface area is 183 Å². The number of carbonyl (C=O) groups excluding carboxylic acids is 1. The molecule has 3 aliphatic rings. The molecule has 166 valence electrons. The SMILES string of the molecule is CC1(C)C2CCC1(CS(=O)(=O)N1CCN(S(=O)(=O)c3ccccc3Cl)CC1)C(=O)C2. The van der Waals surface area contributed by atoms with Crippen molar-refractivity contribution in [2.75, 3.05) is 31.9 Å². The van der Waals surface area contributed by atoms with Crippen LogP contribution in [0.3, 0.4) is 0 Å². The topological polar surface area (TPSA) is 91.8 Å². The van der Waals surface area contributed by atoms with Crippen LogP contribution in [0, 0.1) is 16.7 Å². The van der Waals surface area contributed by atoms with Crippen molar-refractivity contribution < 1.29 is 21.6 Å². The lowest BCUT2D eigenvalue weighted by Crippen LogP contribution is -2.53. The lowest BCUT2D eigenvalue weighted by molar-refractivity contribution is -0.128. The number of Topliss-reactive ketones (excluding diaryl/α,β-unsaturated/α-hetero) is 1. The molecule has 0 amide bonds. The number of benzene rings is 1. The molecule has 0 N–H and O–H groups in total. The molecule has 2 saturated carbocycles. The number of rotatable bonds is 5. The van der Waals surface area contributed by atoms with Crippen molar-refractivity contribution >= 4 is 37.4 Å². The van der Waals surface area contributed by atoms with Crippen molar-refractivity contribution in [1.82, 2.24) is 8.61 Å². The second-order valence-electron chi connectivity index (χ2n) is 9.16. The van der Waals surface area contributed by atoms with Gasteiger partial charge >= 0.3 is 0 Å². The Kier molecular flexibility index (Phi) is 5.38. The van der Waals surface area contributed by atoms with Crippen molar-refractivity contribution in [1.29, 1.82) is 0 Å². The van der Waals surface area contributed by atoms with Gasteiger partial charge in [0.25, 0.3) is 0 Å². The van der Waals surface area contributed by atoms with Gasteiger partial charge in [0.2, 0.25) is 20.0 Å². The number of fused-ring (bicyclic) bond motifs is 2. The summed E-state index contributed by atoms with van der Waals surface area (Å²) in [6, 6.07) is 6.23. The molecule has 4 rings (SSSR count). The van der Waals surface area contributed by atoms with E-state index in [0.29, 0.717) is 12.8 Å². The quantitative estimate of drug-likeness (QED) is 0.653. The van der Waals surface area contributed by atoms with Crippen LogP contribution in [0.2, 0.25) is 5.02 Å². The van der Waals surface area contributed by atoms with Gasteiger partial charge in [-0.2, -0.15) is 8.61 Å². The molecule has 2 atom stereocenters. The van der Waals surface area contributed by atoms with E-state index in [4.69, 9.17) is 11.6 Å². The normalized spacial score (nSPS) is 30.1. The molecule has 2 unspecified atom stereocenters. The number of halogens is 1. The van der Waals surface area contributed by atoms with Crippen molar-refractivity contribution in [3.05, 3.63) is 29.3 Å². The van der Waals surface area contributed by atoms with Gasteiger partial charge in [-0.3, -0.25) is 4.79 Å². The average molecular weight is 475 g/mol. The molecular formula is C20H27ClN2O5S2. The fourth-order valence-corrected chi connectivity index (χ4v) is 9.61. The van der Waals surface area contributed by atoms with Gasteiger partial charge in [-0.05, 0) is 36.3 Å². The van der Waals surface area contributed by atoms with Crippen LogP contribution in [0.1, 0.15) is 33.1 Å². The third kappa shape index (κ3) is 3.24. The largest absolute Gasteiger partial charge is 0.299 e. The molecule has 0 radical (unpaired) electrons. The van der Waals surface area contributed by atoms with Crippen LogP contribution in [-0.2, 0) is 24.8 Å². The maximum absolute atomic E-state index is 13.2. The first-order valence-electron chi connectivity index (χ1n) is 10.2. The molecule has 30 heavy (non-hydrogen) atoms. The first kappa shape index (κ1) is 22.2. The van der Waals surface area contributed by atoms with E-state index >= 15 is 0 Å². The zero-order valence-corrected chi connectivity index (χ0v) is 19.6. The number of nitrogens with zero attached hydrogens (tertiary/aromatic N) is 2. The lowest BCUT2D eigenvalue weighted by atomic mass is 9.70. The minimum atomic E-state index is -3.80. The Morgan fingerprint density at radius 2 is 1.63 bits per heavy atom. The number of carbonyl (C=O) groups is 1. The Morgan fingerprint density at radius 3 is 2.17 bits per heavy atom. The lowest BCUT2D eigenvalue weighted by Gasteiger charge is -2.39. The monoisotopic (exact) mass is 474 g/mol. The summed E-state index contributed by atoms with van der Waals surface area (Å²) >= 11 is 6.06. The minimum Gasteiger partial charge on any atom is -0.299 e. The van der Waals surface area contributed by atoms with Crippen LogP contribution in [0.5, 0.6) is 0 Å². The van der Waals surface area contributed by atoms with E-state index in [1.807, 2.05) is 13.8 Å². The fourth-order valence-electron chi connectivity index (χ4n) is 5.49. The Bertz CT molecular complexity index is 1080. The molecule has 0 spiro atoms. The Morgan fingerprint density at radius 1 is 1.03 bits per heavy atom. The van der Waals surface area contributed by atoms with Gasteiger partial charge < -0.3 is 0 Å². The van der Waals surface area contributed by atoms with Crippen LogP contribution in [0.4, 0.5) is 0 Å². The van der Waals surface area contributed by atoms with E-state index < -0.39 is 25.5 Å². The van der Waals surface area contributed by atoms with E-state index in [0.717, 1.165) is 6.42 Å². The molecule has 1 aliphatic heterocycles. The summed E-state index contributed by atoms with van der Waals surface area (Å²) in [4.78, 5) is 12.7. The zero-order chi connectivity index (χ0) is 21.9. The Hall–Kier alpha value is -1.00. The van der Waals surface area contributed by atoms with Crippen LogP contribution in [-0.4, -0.2) is 63.2 Å². The van der Waals surface area contributed by atoms with Crippen LogP contribution >= 0.6 is 11.6 Å². The molecule has 7 nitrogen and oxygen atoms in total. The third-order valence-corrected chi connectivity index (χ3v) is 12.0. The fraction of sp³-hybridized carbons (Fsp3) is 0.650. The maximum Gasteiger partial charge on any atom is 0.244 e. The van der Waals surface area contributed by atoms with Gasteiger partial charge in [0.15, 0.2) is 0 Å². The van der Waals surface area contributed by atoms with E-state index in [9.17, 15) is 21.6 Å². The predicted molar refractivity (Wildman–Crippen MR) is 114 cm³/mol. The second-order valence-corrected chi connectivity index (χ2v) is 13.4. The first-order valence-corrected chi connectivity index (χ1v) is 13.6. The van der Waals surface area contributed by atoms with Gasteiger partial charge in [0, 0.05) is 38.0 Å². The molecule has 1 aromatic carbocycles. The standard InChI is InChI=1S/C20H27ClN2O5S2/c1-19(2)15-7-8-20(19,18(24)13-15)14-29(25,26)22-9-11-23(12-10-22)30(27,28)17-6-4-3-5-16(17)21/h3-6,15H,7-14H2,1-2H3. The summed E-state index contributed by atoms with van der Waals surface area (Å²) in [5, 5.41) is 0.143. The summed E-state index contributed by atoms with van der Waals surface area (Å²) in [5.41, 5.74) is -1.15. The maximum atomic E-state index is 13.2. The molecular weight excluding hydrogens is 448 g/mol. The molecule has 3 fully saturated rings. The van der Waals surface area contributed by atoms with Crippen molar-refractivity contribution in [2.45, 2.75) is 38.0 Å². The van der Waals surface area contributed by atoms with Gasteiger partial charge in [-0.25, -0.2) is 16.8 Å². The number of piperazine rings is 1. The van der Waals surface area contributed by atoms with Crippen LogP contribution in [0.25, 0.3) is 0 Å². The molecule has 1 heterocycles.